The summed E-state index contributed by atoms with van der Waals surface area (Å²) in [5, 5.41) is 10.0. The molecule has 7 heteroatoms. The highest BCUT2D eigenvalue weighted by Crippen LogP contribution is 1.89. The number of amides is 1. The van der Waals surface area contributed by atoms with E-state index in [1.54, 1.807) is 17.2 Å². The van der Waals surface area contributed by atoms with Crippen LogP contribution in [0.25, 0.3) is 0 Å². The Kier molecular flexibility index (Phi) is 2.72. The number of imidazole rings is 1. The van der Waals surface area contributed by atoms with Crippen LogP contribution in [0.15, 0.2) is 25.2 Å². The zero-order valence-corrected chi connectivity index (χ0v) is 7.92. The van der Waals surface area contributed by atoms with Crippen LogP contribution in [0, 0.1) is 0 Å². The highest BCUT2D eigenvalue weighted by molar-refractivity contribution is 5.91. The summed E-state index contributed by atoms with van der Waals surface area (Å²) < 4.78 is 1.78. The molecule has 0 aliphatic heterocycles. The van der Waals surface area contributed by atoms with Gasteiger partial charge in [-0.1, -0.05) is 0 Å². The molecule has 0 fully saturated rings. The second-order valence-corrected chi connectivity index (χ2v) is 2.92. The van der Waals surface area contributed by atoms with Gasteiger partial charge >= 0.3 is 0 Å². The van der Waals surface area contributed by atoms with E-state index in [0.29, 0.717) is 18.8 Å². The van der Waals surface area contributed by atoms with Gasteiger partial charge in [-0.15, -0.1) is 10.2 Å². The molecule has 0 saturated carbocycles. The van der Waals surface area contributed by atoms with Crippen LogP contribution in [0.1, 0.15) is 10.5 Å². The number of hydrogen-bond donors (Lipinski definition) is 2. The van der Waals surface area contributed by atoms with Crippen LogP contribution in [0.2, 0.25) is 0 Å². The van der Waals surface area contributed by atoms with Crippen LogP contribution in [-0.4, -0.2) is 37.2 Å². The van der Waals surface area contributed by atoms with Gasteiger partial charge in [0.2, 0.25) is 0 Å². The lowest BCUT2D eigenvalue weighted by Crippen LogP contribution is -2.27. The lowest BCUT2D eigenvalue weighted by Gasteiger charge is -2.03. The molecule has 0 aliphatic carbocycles. The van der Waals surface area contributed by atoms with Gasteiger partial charge in [0, 0.05) is 13.1 Å². The molecule has 0 saturated heterocycles. The molecule has 0 atom stereocenters. The summed E-state index contributed by atoms with van der Waals surface area (Å²) in [7, 11) is 0. The highest BCUT2D eigenvalue weighted by Gasteiger charge is 2.04. The zero-order chi connectivity index (χ0) is 10.5. The van der Waals surface area contributed by atoms with Crippen molar-refractivity contribution in [2.24, 2.45) is 0 Å². The zero-order valence-electron chi connectivity index (χ0n) is 7.92. The summed E-state index contributed by atoms with van der Waals surface area (Å²) in [4.78, 5) is 17.9. The van der Waals surface area contributed by atoms with Crippen molar-refractivity contribution in [2.45, 2.75) is 6.54 Å². The first-order valence-electron chi connectivity index (χ1n) is 4.45. The van der Waals surface area contributed by atoms with Crippen molar-refractivity contribution in [3.63, 3.8) is 0 Å². The van der Waals surface area contributed by atoms with Crippen molar-refractivity contribution in [3.05, 3.63) is 30.9 Å². The molecule has 7 nitrogen and oxygen atoms in total. The molecule has 2 heterocycles. The first-order chi connectivity index (χ1) is 7.36. The molecule has 0 spiro atoms. The Bertz CT molecular complexity index is 406. The summed E-state index contributed by atoms with van der Waals surface area (Å²) in [6.45, 7) is 1.17. The smallest absolute Gasteiger partial charge is 0.269 e. The molecule has 78 valence electrons. The van der Waals surface area contributed by atoms with Gasteiger partial charge in [0.05, 0.1) is 12.5 Å². The largest absolute Gasteiger partial charge is 0.349 e. The maximum absolute atomic E-state index is 11.4. The predicted molar refractivity (Wildman–Crippen MR) is 50.9 cm³/mol. The average molecular weight is 206 g/mol. The number of hydrogen-bond acceptors (Lipinski definition) is 4. The van der Waals surface area contributed by atoms with Gasteiger partial charge < -0.3 is 14.9 Å². The molecule has 15 heavy (non-hydrogen) atoms. The lowest BCUT2D eigenvalue weighted by molar-refractivity contribution is 0.0948. The van der Waals surface area contributed by atoms with Crippen LogP contribution in [0.4, 0.5) is 0 Å². The van der Waals surface area contributed by atoms with Crippen LogP contribution in [0.5, 0.6) is 0 Å². The van der Waals surface area contributed by atoms with Crippen LogP contribution < -0.4 is 5.32 Å². The Balaban J connectivity index is 1.77. The minimum atomic E-state index is -0.166. The SMILES string of the molecule is O=C(NCCn1cnnc1)c1cnc[nH]1. The van der Waals surface area contributed by atoms with E-state index in [1.807, 2.05) is 0 Å². The van der Waals surface area contributed by atoms with Gasteiger partial charge in [0.25, 0.3) is 5.91 Å². The third-order valence-electron chi connectivity index (χ3n) is 1.86. The molecule has 2 rings (SSSR count). The van der Waals surface area contributed by atoms with Crippen LogP contribution >= 0.6 is 0 Å². The Labute approximate surface area is 85.6 Å². The highest BCUT2D eigenvalue weighted by atomic mass is 16.1. The molecular weight excluding hydrogens is 196 g/mol. The standard InChI is InChI=1S/C8H10N6O/c15-8(7-3-9-4-11-7)10-1-2-14-5-12-13-6-14/h3-6H,1-2H2,(H,9,11)(H,10,15). The van der Waals surface area contributed by atoms with Crippen molar-refractivity contribution in [1.29, 1.82) is 0 Å². The second-order valence-electron chi connectivity index (χ2n) is 2.92. The van der Waals surface area contributed by atoms with Crippen LogP contribution in [0.3, 0.4) is 0 Å². The normalized spacial score (nSPS) is 10.1. The predicted octanol–water partition coefficient (Wildman–Crippen LogP) is -0.569. The van der Waals surface area contributed by atoms with E-state index >= 15 is 0 Å². The Morgan fingerprint density at radius 2 is 2.27 bits per heavy atom. The van der Waals surface area contributed by atoms with Crippen molar-refractivity contribution in [3.8, 4) is 0 Å². The maximum Gasteiger partial charge on any atom is 0.269 e. The summed E-state index contributed by atoms with van der Waals surface area (Å²) in [6.07, 6.45) is 6.15. The Hall–Kier alpha value is -2.18. The van der Waals surface area contributed by atoms with E-state index in [0.717, 1.165) is 0 Å². The summed E-state index contributed by atoms with van der Waals surface area (Å²) in [5.41, 5.74) is 0.457. The molecule has 2 aromatic rings. The van der Waals surface area contributed by atoms with Crippen molar-refractivity contribution in [2.75, 3.05) is 6.54 Å². The van der Waals surface area contributed by atoms with Gasteiger partial charge in [-0.25, -0.2) is 4.98 Å². The van der Waals surface area contributed by atoms with Gasteiger partial charge in [0.15, 0.2) is 0 Å². The number of aromatic nitrogens is 5. The third kappa shape index (κ3) is 2.39. The van der Waals surface area contributed by atoms with Crippen molar-refractivity contribution < 1.29 is 4.79 Å². The number of rotatable bonds is 4. The monoisotopic (exact) mass is 206 g/mol. The lowest BCUT2D eigenvalue weighted by atomic mass is 10.4. The molecule has 0 radical (unpaired) electrons. The van der Waals surface area contributed by atoms with Gasteiger partial charge in [-0.05, 0) is 0 Å². The fourth-order valence-corrected chi connectivity index (χ4v) is 1.11. The fraction of sp³-hybridized carbons (Fsp3) is 0.250. The minimum absolute atomic E-state index is 0.166. The van der Waals surface area contributed by atoms with Crippen molar-refractivity contribution >= 4 is 5.91 Å². The van der Waals surface area contributed by atoms with Crippen LogP contribution in [-0.2, 0) is 6.54 Å². The van der Waals surface area contributed by atoms with E-state index in [1.165, 1.54) is 12.5 Å². The molecule has 0 unspecified atom stereocenters. The first-order valence-corrected chi connectivity index (χ1v) is 4.45. The summed E-state index contributed by atoms with van der Waals surface area (Å²) in [6, 6.07) is 0. The minimum Gasteiger partial charge on any atom is -0.349 e. The quantitative estimate of drug-likeness (QED) is 0.701. The van der Waals surface area contributed by atoms with Crippen molar-refractivity contribution in [1.82, 2.24) is 30.0 Å². The van der Waals surface area contributed by atoms with E-state index in [2.05, 4.69) is 25.5 Å². The van der Waals surface area contributed by atoms with E-state index in [9.17, 15) is 4.79 Å². The molecular formula is C8H10N6O. The van der Waals surface area contributed by atoms with Gasteiger partial charge in [0.1, 0.15) is 18.3 Å². The molecule has 0 aromatic carbocycles. The average Bonchev–Trinajstić information content (AvgIpc) is 2.90. The second kappa shape index (κ2) is 4.36. The third-order valence-corrected chi connectivity index (χ3v) is 1.86. The van der Waals surface area contributed by atoms with E-state index < -0.39 is 0 Å². The van der Waals surface area contributed by atoms with E-state index in [-0.39, 0.29) is 5.91 Å². The van der Waals surface area contributed by atoms with Gasteiger partial charge in [-0.2, -0.15) is 0 Å². The number of nitrogens with one attached hydrogen (secondary N) is 2. The number of aromatic amines is 1. The molecule has 2 aromatic heterocycles. The first kappa shape index (κ1) is 9.38. The Morgan fingerprint density at radius 1 is 1.47 bits per heavy atom. The molecule has 0 bridgehead atoms. The number of nitrogens with zero attached hydrogens (tertiary/aromatic N) is 4. The number of H-pyrrole nitrogens is 1. The molecule has 0 aliphatic rings. The number of carbonyl (C=O) groups is 1. The summed E-state index contributed by atoms with van der Waals surface area (Å²) in [5.74, 6) is -0.166. The molecule has 2 N–H and O–H groups in total. The van der Waals surface area contributed by atoms with Gasteiger partial charge in [-0.3, -0.25) is 4.79 Å². The molecule has 1 amide bonds. The summed E-state index contributed by atoms with van der Waals surface area (Å²) >= 11 is 0. The topological polar surface area (TPSA) is 88.5 Å². The number of carbonyl (C=O) groups excluding carboxylic acids is 1. The maximum atomic E-state index is 11.4. The van der Waals surface area contributed by atoms with E-state index in [4.69, 9.17) is 0 Å². The Morgan fingerprint density at radius 3 is 2.93 bits per heavy atom. The fourth-order valence-electron chi connectivity index (χ4n) is 1.11.